The zero-order valence-electron chi connectivity index (χ0n) is 7.39. The van der Waals surface area contributed by atoms with Gasteiger partial charge in [-0.1, -0.05) is 0 Å². The first-order valence-corrected chi connectivity index (χ1v) is 3.95. The average molecular weight is 209 g/mol. The van der Waals surface area contributed by atoms with Gasteiger partial charge in [0.2, 0.25) is 0 Å². The Hall–Kier alpha value is -0.215. The molecule has 7 nitrogen and oxygen atoms in total. The van der Waals surface area contributed by atoms with Gasteiger partial charge >= 0.3 is 7.69 Å². The Balaban J connectivity index is 3.95. The summed E-state index contributed by atoms with van der Waals surface area (Å²) in [7, 11) is 0.324. The van der Waals surface area contributed by atoms with Gasteiger partial charge in [0.25, 0.3) is 0 Å². The van der Waals surface area contributed by atoms with Crippen molar-refractivity contribution in [1.29, 1.82) is 0 Å². The first-order valence-electron chi connectivity index (χ1n) is 3.95. The Labute approximate surface area is 81.5 Å². The van der Waals surface area contributed by atoms with Crippen LogP contribution < -0.4 is 0 Å². The topological polar surface area (TPSA) is 131 Å². The minimum atomic E-state index is -1.68. The molecule has 0 bridgehead atoms. The molecule has 0 unspecified atom stereocenters. The van der Waals surface area contributed by atoms with Gasteiger partial charge in [0.05, 0.1) is 13.2 Å². The van der Waals surface area contributed by atoms with Gasteiger partial charge in [-0.05, 0) is 0 Å². The van der Waals surface area contributed by atoms with Crippen molar-refractivity contribution < 1.29 is 35.2 Å². The largest absolute Gasteiger partial charge is 0.485 e. The summed E-state index contributed by atoms with van der Waals surface area (Å²) in [4.78, 5) is 0. The van der Waals surface area contributed by atoms with E-state index in [0.717, 1.165) is 0 Å². The molecule has 8 heteroatoms. The molecule has 0 aromatic carbocycles. The minimum absolute atomic E-state index is 0.324. The quantitative estimate of drug-likeness (QED) is 0.235. The molecule has 0 heterocycles. The van der Waals surface area contributed by atoms with Crippen molar-refractivity contribution in [2.45, 2.75) is 24.4 Å². The van der Waals surface area contributed by atoms with Crippen LogP contribution in [0.25, 0.3) is 0 Å². The van der Waals surface area contributed by atoms with Gasteiger partial charge in [0.1, 0.15) is 24.4 Å². The van der Waals surface area contributed by atoms with Crippen molar-refractivity contribution in [1.82, 2.24) is 0 Å². The monoisotopic (exact) mass is 209 g/mol. The third-order valence-corrected chi connectivity index (χ3v) is 1.67. The molecule has 0 aliphatic heterocycles. The molecular weight excluding hydrogens is 195 g/mol. The highest BCUT2D eigenvalue weighted by atomic mass is 16.5. The van der Waals surface area contributed by atoms with Gasteiger partial charge in [-0.25, -0.2) is 0 Å². The van der Waals surface area contributed by atoms with E-state index in [2.05, 4.69) is 4.65 Å². The van der Waals surface area contributed by atoms with Gasteiger partial charge in [0, 0.05) is 0 Å². The van der Waals surface area contributed by atoms with Crippen LogP contribution in [0, 0.1) is 0 Å². The minimum Gasteiger partial charge on any atom is -0.429 e. The van der Waals surface area contributed by atoms with E-state index in [-0.39, 0.29) is 0 Å². The van der Waals surface area contributed by atoms with Crippen molar-refractivity contribution in [3.63, 3.8) is 0 Å². The zero-order chi connectivity index (χ0) is 11.1. The first kappa shape index (κ1) is 13.8. The second-order valence-corrected chi connectivity index (χ2v) is 2.74. The summed E-state index contributed by atoms with van der Waals surface area (Å²) >= 11 is 0. The Morgan fingerprint density at radius 2 is 1.50 bits per heavy atom. The maximum absolute atomic E-state index is 9.17. The lowest BCUT2D eigenvalue weighted by atomic mass is 10.0. The van der Waals surface area contributed by atoms with E-state index in [9.17, 15) is 0 Å². The second kappa shape index (κ2) is 7.13. The van der Waals surface area contributed by atoms with Crippen LogP contribution in [0.2, 0.25) is 0 Å². The summed E-state index contributed by atoms with van der Waals surface area (Å²) < 4.78 is 4.25. The Bertz CT molecular complexity index is 146. The van der Waals surface area contributed by atoms with E-state index >= 15 is 0 Å². The molecule has 0 amide bonds. The van der Waals surface area contributed by atoms with Gasteiger partial charge in [-0.15, -0.1) is 0 Å². The average Bonchev–Trinajstić information content (AvgIpc) is 2.22. The van der Waals surface area contributed by atoms with E-state index in [4.69, 9.17) is 30.6 Å². The zero-order valence-corrected chi connectivity index (χ0v) is 7.39. The molecule has 0 rings (SSSR count). The first-order chi connectivity index (χ1) is 6.54. The maximum Gasteiger partial charge on any atom is 0.485 e. The number of hydrogen-bond donors (Lipinski definition) is 6. The Morgan fingerprint density at radius 3 is 1.93 bits per heavy atom. The maximum atomic E-state index is 9.17. The number of aliphatic hydroxyl groups excluding tert-OH is 5. The third kappa shape index (κ3) is 4.33. The van der Waals surface area contributed by atoms with E-state index < -0.39 is 37.6 Å². The SMILES string of the molecule is O[B]OC[C@H](O)[C@@H](O)[C@H](O)[C@H](O)CO. The van der Waals surface area contributed by atoms with Crippen LogP contribution >= 0.6 is 0 Å². The molecule has 0 aromatic rings. The predicted octanol–water partition coefficient (Wildman–Crippen LogP) is -4.03. The van der Waals surface area contributed by atoms with E-state index in [0.29, 0.717) is 7.69 Å². The van der Waals surface area contributed by atoms with Crippen molar-refractivity contribution in [2.75, 3.05) is 13.2 Å². The van der Waals surface area contributed by atoms with Crippen LogP contribution in [0.1, 0.15) is 0 Å². The fourth-order valence-electron chi connectivity index (χ4n) is 0.803. The van der Waals surface area contributed by atoms with Gasteiger partial charge in [-0.2, -0.15) is 0 Å². The molecule has 6 N–H and O–H groups in total. The van der Waals surface area contributed by atoms with E-state index in [1.165, 1.54) is 0 Å². The summed E-state index contributed by atoms with van der Waals surface area (Å²) in [5.74, 6) is 0. The Morgan fingerprint density at radius 1 is 1.00 bits per heavy atom. The van der Waals surface area contributed by atoms with Gasteiger partial charge in [-0.3, -0.25) is 0 Å². The molecule has 83 valence electrons. The molecular formula is C6H14BO7. The fourth-order valence-corrected chi connectivity index (χ4v) is 0.803. The highest BCUT2D eigenvalue weighted by molar-refractivity contribution is 6.15. The molecule has 1 radical (unpaired) electrons. The summed E-state index contributed by atoms with van der Waals surface area (Å²) in [5, 5.41) is 52.8. The molecule has 0 aliphatic rings. The van der Waals surface area contributed by atoms with Crippen LogP contribution in [-0.4, -0.2) is 75.9 Å². The summed E-state index contributed by atoms with van der Waals surface area (Å²) in [6, 6.07) is 0. The Kier molecular flexibility index (Phi) is 7.02. The number of rotatable bonds is 7. The van der Waals surface area contributed by atoms with Crippen LogP contribution in [0.5, 0.6) is 0 Å². The lowest BCUT2D eigenvalue weighted by Crippen LogP contribution is -2.47. The van der Waals surface area contributed by atoms with Gasteiger partial charge < -0.3 is 35.2 Å². The molecule has 4 atom stereocenters. The highest BCUT2D eigenvalue weighted by Gasteiger charge is 2.29. The third-order valence-electron chi connectivity index (χ3n) is 1.67. The summed E-state index contributed by atoms with van der Waals surface area (Å²) in [6.45, 7) is -1.18. The molecule has 14 heavy (non-hydrogen) atoms. The van der Waals surface area contributed by atoms with Crippen molar-refractivity contribution in [3.05, 3.63) is 0 Å². The van der Waals surface area contributed by atoms with Crippen LogP contribution in [0.4, 0.5) is 0 Å². The molecule has 0 spiro atoms. The molecule has 0 fully saturated rings. The molecule has 0 aliphatic carbocycles. The lowest BCUT2D eigenvalue weighted by Gasteiger charge is -2.25. The van der Waals surface area contributed by atoms with Crippen LogP contribution in [-0.2, 0) is 4.65 Å². The van der Waals surface area contributed by atoms with E-state index in [1.54, 1.807) is 0 Å². The summed E-state index contributed by atoms with van der Waals surface area (Å²) in [6.07, 6.45) is -6.37. The van der Waals surface area contributed by atoms with Crippen LogP contribution in [0.15, 0.2) is 0 Å². The predicted molar refractivity (Wildman–Crippen MR) is 45.0 cm³/mol. The van der Waals surface area contributed by atoms with Crippen LogP contribution in [0.3, 0.4) is 0 Å². The molecule has 0 saturated heterocycles. The van der Waals surface area contributed by atoms with Crippen molar-refractivity contribution in [2.24, 2.45) is 0 Å². The molecule has 0 saturated carbocycles. The van der Waals surface area contributed by atoms with Crippen molar-refractivity contribution in [3.8, 4) is 0 Å². The normalized spacial score (nSPS) is 19.9. The number of aliphatic hydroxyl groups is 5. The fraction of sp³-hybridized carbons (Fsp3) is 1.00. The van der Waals surface area contributed by atoms with E-state index in [1.807, 2.05) is 0 Å². The molecule has 0 aromatic heterocycles. The standard InChI is InChI=1S/C6H14BO7/c8-1-3(9)5(11)6(12)4(10)2-14-7-13/h3-6,8-13H,1-2H2/t3-,4+,5-,6-/m1/s1. The lowest BCUT2D eigenvalue weighted by molar-refractivity contribution is -0.122. The highest BCUT2D eigenvalue weighted by Crippen LogP contribution is 2.05. The van der Waals surface area contributed by atoms with Crippen molar-refractivity contribution >= 4 is 7.69 Å². The second-order valence-electron chi connectivity index (χ2n) is 2.74. The summed E-state index contributed by atoms with van der Waals surface area (Å²) in [5.41, 5.74) is 0. The smallest absolute Gasteiger partial charge is 0.429 e. The van der Waals surface area contributed by atoms with Gasteiger partial charge in [0.15, 0.2) is 0 Å². The number of hydrogen-bond acceptors (Lipinski definition) is 7.